The number of fused-ring (bicyclic) bond motifs is 2. The van der Waals surface area contributed by atoms with Crippen molar-refractivity contribution in [3.63, 3.8) is 0 Å². The van der Waals surface area contributed by atoms with E-state index in [1.54, 1.807) is 0 Å². The fourth-order valence-electron chi connectivity index (χ4n) is 3.59. The molecule has 0 atom stereocenters. The second-order valence-corrected chi connectivity index (χ2v) is 7.11. The van der Waals surface area contributed by atoms with E-state index >= 15 is 0 Å². The SMILES string of the molecule is Br/C(=C/C1c2ccccc2CCc2ccccc21)c1ccccc1. The zero-order valence-electron chi connectivity index (χ0n) is 13.5. The van der Waals surface area contributed by atoms with Crippen LogP contribution in [0.1, 0.15) is 33.7 Å². The largest absolute Gasteiger partial charge is 0.0622 e. The Bertz CT molecular complexity index is 830. The van der Waals surface area contributed by atoms with Gasteiger partial charge in [-0.15, -0.1) is 0 Å². The number of hydrogen-bond donors (Lipinski definition) is 0. The first-order chi connectivity index (χ1) is 11.8. The van der Waals surface area contributed by atoms with E-state index in [1.807, 2.05) is 0 Å². The summed E-state index contributed by atoms with van der Waals surface area (Å²) in [5, 5.41) is 0. The first-order valence-electron chi connectivity index (χ1n) is 8.41. The molecule has 0 amide bonds. The molecule has 0 heterocycles. The highest BCUT2D eigenvalue weighted by Crippen LogP contribution is 2.38. The normalized spacial score (nSPS) is 14.6. The molecule has 1 heteroatoms. The molecule has 0 aliphatic heterocycles. The maximum atomic E-state index is 3.81. The predicted molar refractivity (Wildman–Crippen MR) is 105 cm³/mol. The molecule has 3 aromatic carbocycles. The molecule has 1 aliphatic carbocycles. The summed E-state index contributed by atoms with van der Waals surface area (Å²) in [4.78, 5) is 0. The third kappa shape index (κ3) is 2.97. The lowest BCUT2D eigenvalue weighted by molar-refractivity contribution is 0.965. The fraction of sp³-hybridized carbons (Fsp3) is 0.130. The third-order valence-corrected chi connectivity index (χ3v) is 5.53. The molecule has 0 spiro atoms. The van der Waals surface area contributed by atoms with Crippen LogP contribution in [0.25, 0.3) is 4.48 Å². The molecule has 0 N–H and O–H groups in total. The molecule has 0 nitrogen and oxygen atoms in total. The van der Waals surface area contributed by atoms with Gasteiger partial charge in [0.15, 0.2) is 0 Å². The average Bonchev–Trinajstić information content (AvgIpc) is 2.80. The van der Waals surface area contributed by atoms with Crippen molar-refractivity contribution in [1.29, 1.82) is 0 Å². The van der Waals surface area contributed by atoms with E-state index in [0.717, 1.165) is 17.3 Å². The standard InChI is InChI=1S/C23H19Br/c24-23(19-10-2-1-3-11-19)16-22-20-12-6-4-8-17(20)14-15-18-9-5-7-13-21(18)22/h1-13,16,22H,14-15H2/b23-16+. The molecule has 0 bridgehead atoms. The van der Waals surface area contributed by atoms with Crippen LogP contribution in [0.5, 0.6) is 0 Å². The molecule has 1 aliphatic rings. The molecule has 4 rings (SSSR count). The molecule has 0 aromatic heterocycles. The molecule has 0 radical (unpaired) electrons. The predicted octanol–water partition coefficient (Wildman–Crippen LogP) is 6.35. The molecule has 0 fully saturated rings. The van der Waals surface area contributed by atoms with Crippen LogP contribution in [-0.2, 0) is 12.8 Å². The van der Waals surface area contributed by atoms with Gasteiger partial charge in [0.2, 0.25) is 0 Å². The summed E-state index contributed by atoms with van der Waals surface area (Å²) in [7, 11) is 0. The van der Waals surface area contributed by atoms with Crippen LogP contribution in [-0.4, -0.2) is 0 Å². The van der Waals surface area contributed by atoms with Crippen molar-refractivity contribution >= 4 is 20.4 Å². The Hall–Kier alpha value is -2.12. The molecule has 0 unspecified atom stereocenters. The van der Waals surface area contributed by atoms with Gasteiger partial charge in [0.05, 0.1) is 0 Å². The van der Waals surface area contributed by atoms with Crippen LogP contribution in [0.3, 0.4) is 0 Å². The Kier molecular flexibility index (Phi) is 4.36. The summed E-state index contributed by atoms with van der Waals surface area (Å²) in [6.07, 6.45) is 4.58. The van der Waals surface area contributed by atoms with E-state index in [4.69, 9.17) is 0 Å². The third-order valence-electron chi connectivity index (χ3n) is 4.81. The van der Waals surface area contributed by atoms with Gasteiger partial charge in [0.1, 0.15) is 0 Å². The van der Waals surface area contributed by atoms with Crippen molar-refractivity contribution < 1.29 is 0 Å². The zero-order valence-corrected chi connectivity index (χ0v) is 15.0. The lowest BCUT2D eigenvalue weighted by atomic mass is 9.87. The van der Waals surface area contributed by atoms with Crippen LogP contribution >= 0.6 is 15.9 Å². The van der Waals surface area contributed by atoms with E-state index < -0.39 is 0 Å². The number of allylic oxidation sites excluding steroid dienone is 1. The lowest BCUT2D eigenvalue weighted by Gasteiger charge is -2.18. The Labute approximate surface area is 152 Å². The maximum Gasteiger partial charge on any atom is 0.0289 e. The highest BCUT2D eigenvalue weighted by Gasteiger charge is 2.21. The smallest absolute Gasteiger partial charge is 0.0289 e. The summed E-state index contributed by atoms with van der Waals surface area (Å²) < 4.78 is 1.15. The molecular weight excluding hydrogens is 356 g/mol. The van der Waals surface area contributed by atoms with Crippen LogP contribution in [0.2, 0.25) is 0 Å². The highest BCUT2D eigenvalue weighted by molar-refractivity contribution is 9.15. The van der Waals surface area contributed by atoms with Gasteiger partial charge in [0, 0.05) is 10.4 Å². The Morgan fingerprint density at radius 3 is 1.79 bits per heavy atom. The number of halogens is 1. The van der Waals surface area contributed by atoms with Gasteiger partial charge in [0.25, 0.3) is 0 Å². The molecular formula is C23H19Br. The number of benzene rings is 3. The minimum Gasteiger partial charge on any atom is -0.0622 e. The van der Waals surface area contributed by atoms with Crippen molar-refractivity contribution in [3.8, 4) is 0 Å². The molecule has 118 valence electrons. The van der Waals surface area contributed by atoms with Gasteiger partial charge in [-0.1, -0.05) is 101 Å². The summed E-state index contributed by atoms with van der Waals surface area (Å²) in [5.74, 6) is 0.287. The minimum absolute atomic E-state index is 0.287. The van der Waals surface area contributed by atoms with E-state index in [1.165, 1.54) is 27.8 Å². The van der Waals surface area contributed by atoms with Crippen molar-refractivity contribution in [2.24, 2.45) is 0 Å². The number of rotatable bonds is 2. The maximum absolute atomic E-state index is 3.81. The molecule has 0 saturated carbocycles. The van der Waals surface area contributed by atoms with E-state index in [9.17, 15) is 0 Å². The van der Waals surface area contributed by atoms with Gasteiger partial charge in [-0.2, -0.15) is 0 Å². The first-order valence-corrected chi connectivity index (χ1v) is 9.20. The second-order valence-electron chi connectivity index (χ2n) is 6.26. The van der Waals surface area contributed by atoms with Gasteiger partial charge < -0.3 is 0 Å². The minimum atomic E-state index is 0.287. The summed E-state index contributed by atoms with van der Waals surface area (Å²) in [6.45, 7) is 0. The van der Waals surface area contributed by atoms with Gasteiger partial charge >= 0.3 is 0 Å². The summed E-state index contributed by atoms with van der Waals surface area (Å²) in [6, 6.07) is 28.3. The topological polar surface area (TPSA) is 0 Å². The highest BCUT2D eigenvalue weighted by atomic mass is 79.9. The second kappa shape index (κ2) is 6.78. The Morgan fingerprint density at radius 1 is 0.708 bits per heavy atom. The van der Waals surface area contributed by atoms with Crippen LogP contribution in [0.15, 0.2) is 84.9 Å². The van der Waals surface area contributed by atoms with Crippen molar-refractivity contribution in [3.05, 3.63) is 113 Å². The van der Waals surface area contributed by atoms with E-state index in [-0.39, 0.29) is 5.92 Å². The van der Waals surface area contributed by atoms with Crippen LogP contribution < -0.4 is 0 Å². The van der Waals surface area contributed by atoms with Gasteiger partial charge in [-0.25, -0.2) is 0 Å². The van der Waals surface area contributed by atoms with Gasteiger partial charge in [-0.05, 0) is 40.7 Å². The van der Waals surface area contributed by atoms with Crippen LogP contribution in [0.4, 0.5) is 0 Å². The zero-order chi connectivity index (χ0) is 16.4. The first kappa shape index (κ1) is 15.4. The van der Waals surface area contributed by atoms with E-state index in [2.05, 4.69) is 101 Å². The average molecular weight is 375 g/mol. The van der Waals surface area contributed by atoms with E-state index in [0.29, 0.717) is 0 Å². The molecule has 0 saturated heterocycles. The lowest BCUT2D eigenvalue weighted by Crippen LogP contribution is -2.01. The van der Waals surface area contributed by atoms with Crippen molar-refractivity contribution in [2.45, 2.75) is 18.8 Å². The van der Waals surface area contributed by atoms with Gasteiger partial charge in [-0.3, -0.25) is 0 Å². The fourth-order valence-corrected chi connectivity index (χ4v) is 4.12. The Morgan fingerprint density at radius 2 is 1.21 bits per heavy atom. The van der Waals surface area contributed by atoms with Crippen LogP contribution in [0, 0.1) is 0 Å². The number of hydrogen-bond acceptors (Lipinski definition) is 0. The monoisotopic (exact) mass is 374 g/mol. The summed E-state index contributed by atoms with van der Waals surface area (Å²) >= 11 is 3.81. The molecule has 3 aromatic rings. The van der Waals surface area contributed by atoms with Crippen molar-refractivity contribution in [1.82, 2.24) is 0 Å². The summed E-state index contributed by atoms with van der Waals surface area (Å²) in [5.41, 5.74) is 6.99. The number of aryl methyl sites for hydroxylation is 2. The molecule has 24 heavy (non-hydrogen) atoms. The Balaban J connectivity index is 1.87. The van der Waals surface area contributed by atoms with Crippen molar-refractivity contribution in [2.75, 3.05) is 0 Å². The quantitative estimate of drug-likeness (QED) is 0.489.